The maximum atomic E-state index is 12.2. The third-order valence-corrected chi connectivity index (χ3v) is 4.12. The lowest BCUT2D eigenvalue weighted by Crippen LogP contribution is -2.27. The summed E-state index contributed by atoms with van der Waals surface area (Å²) in [6, 6.07) is 10.8. The van der Waals surface area contributed by atoms with E-state index >= 15 is 0 Å². The summed E-state index contributed by atoms with van der Waals surface area (Å²) in [5.41, 5.74) is 1.09. The number of ketones is 1. The topological polar surface area (TPSA) is 20.1 Å². The molecule has 18 heavy (non-hydrogen) atoms. The molecular formula is C16H23NO. The van der Waals surface area contributed by atoms with Crippen molar-refractivity contribution < 1.29 is 4.79 Å². The predicted octanol–water partition coefficient (Wildman–Crippen LogP) is 3.58. The fourth-order valence-electron chi connectivity index (χ4n) is 2.63. The first-order chi connectivity index (χ1) is 8.59. The molecular weight excluding hydrogens is 222 g/mol. The number of Topliss-reactive ketones (excluding diaryl/α,β-unsaturated/α-hetero) is 1. The van der Waals surface area contributed by atoms with E-state index in [0.29, 0.717) is 11.8 Å². The number of hydrogen-bond donors (Lipinski definition) is 0. The minimum Gasteiger partial charge on any atom is -0.298 e. The molecule has 98 valence electrons. The van der Waals surface area contributed by atoms with Gasteiger partial charge in [-0.25, -0.2) is 0 Å². The summed E-state index contributed by atoms with van der Waals surface area (Å²) in [6.45, 7) is 7.32. The van der Waals surface area contributed by atoms with E-state index < -0.39 is 0 Å². The van der Waals surface area contributed by atoms with E-state index in [-0.39, 0.29) is 5.54 Å². The van der Waals surface area contributed by atoms with Crippen LogP contribution in [0.2, 0.25) is 0 Å². The minimum absolute atomic E-state index is 0.204. The Labute approximate surface area is 110 Å². The van der Waals surface area contributed by atoms with Crippen LogP contribution in [0.3, 0.4) is 0 Å². The Balaban J connectivity index is 1.99. The number of rotatable bonds is 6. The molecule has 0 N–H and O–H groups in total. The predicted molar refractivity (Wildman–Crippen MR) is 74.5 cm³/mol. The van der Waals surface area contributed by atoms with Crippen molar-refractivity contribution in [3.8, 4) is 0 Å². The van der Waals surface area contributed by atoms with E-state index in [9.17, 15) is 4.79 Å². The van der Waals surface area contributed by atoms with Gasteiger partial charge in [0.2, 0.25) is 0 Å². The molecule has 1 aliphatic heterocycles. The van der Waals surface area contributed by atoms with E-state index in [0.717, 1.165) is 25.8 Å². The average Bonchev–Trinajstić information content (AvgIpc) is 3.10. The van der Waals surface area contributed by atoms with Crippen LogP contribution in [0.1, 0.15) is 51.6 Å². The first-order valence-electron chi connectivity index (χ1n) is 6.94. The molecule has 2 heteroatoms. The van der Waals surface area contributed by atoms with Gasteiger partial charge in [-0.3, -0.25) is 9.69 Å². The SMILES string of the molecule is CCCCC(=O)[C@@]1(C)CN1[C@@H](C)c1ccccc1. The molecule has 0 spiro atoms. The molecule has 1 fully saturated rings. The van der Waals surface area contributed by atoms with Gasteiger partial charge in [0.15, 0.2) is 5.78 Å². The number of nitrogens with zero attached hydrogens (tertiary/aromatic N) is 1. The molecule has 1 saturated heterocycles. The highest BCUT2D eigenvalue weighted by Gasteiger charge is 2.54. The molecule has 1 heterocycles. The summed E-state index contributed by atoms with van der Waals surface area (Å²) >= 11 is 0. The zero-order valence-corrected chi connectivity index (χ0v) is 11.6. The number of carbonyl (C=O) groups is 1. The maximum Gasteiger partial charge on any atom is 0.154 e. The lowest BCUT2D eigenvalue weighted by molar-refractivity contribution is -0.122. The molecule has 1 aliphatic rings. The van der Waals surface area contributed by atoms with Crippen molar-refractivity contribution in [3.05, 3.63) is 35.9 Å². The third kappa shape index (κ3) is 2.49. The lowest BCUT2D eigenvalue weighted by atomic mass is 10.0. The van der Waals surface area contributed by atoms with Gasteiger partial charge < -0.3 is 0 Å². The van der Waals surface area contributed by atoms with Crippen molar-refractivity contribution in [1.82, 2.24) is 4.90 Å². The highest BCUT2D eigenvalue weighted by Crippen LogP contribution is 2.42. The fourth-order valence-corrected chi connectivity index (χ4v) is 2.63. The second kappa shape index (κ2) is 5.23. The van der Waals surface area contributed by atoms with Crippen LogP contribution in [-0.4, -0.2) is 22.8 Å². The first-order valence-corrected chi connectivity index (χ1v) is 6.94. The van der Waals surface area contributed by atoms with Gasteiger partial charge in [0.25, 0.3) is 0 Å². The monoisotopic (exact) mass is 245 g/mol. The van der Waals surface area contributed by atoms with Crippen LogP contribution in [0.5, 0.6) is 0 Å². The number of unbranched alkanes of at least 4 members (excludes halogenated alkanes) is 1. The summed E-state index contributed by atoms with van der Waals surface area (Å²) in [5.74, 6) is 0.409. The Morgan fingerprint density at radius 3 is 2.67 bits per heavy atom. The molecule has 1 aromatic rings. The zero-order valence-electron chi connectivity index (χ0n) is 11.6. The zero-order chi connectivity index (χ0) is 13.2. The minimum atomic E-state index is -0.204. The van der Waals surface area contributed by atoms with E-state index in [2.05, 4.69) is 49.9 Å². The normalized spacial score (nSPS) is 27.8. The standard InChI is InChI=1S/C16H23NO/c1-4-5-11-15(18)16(3)12-17(16)13(2)14-9-7-6-8-10-14/h6-10,13H,4-5,11-12H2,1-3H3/t13-,16+,17?/m0/s1. The highest BCUT2D eigenvalue weighted by molar-refractivity contribution is 5.91. The molecule has 0 aromatic heterocycles. The first kappa shape index (κ1) is 13.3. The molecule has 3 atom stereocenters. The van der Waals surface area contributed by atoms with Crippen LogP contribution in [0.4, 0.5) is 0 Å². The van der Waals surface area contributed by atoms with Crippen molar-refractivity contribution in [3.63, 3.8) is 0 Å². The second-order valence-electron chi connectivity index (χ2n) is 5.52. The van der Waals surface area contributed by atoms with E-state index in [4.69, 9.17) is 0 Å². The summed E-state index contributed by atoms with van der Waals surface area (Å²) in [5, 5.41) is 0. The summed E-state index contributed by atoms with van der Waals surface area (Å²) < 4.78 is 0. The summed E-state index contributed by atoms with van der Waals surface area (Å²) in [7, 11) is 0. The van der Waals surface area contributed by atoms with Gasteiger partial charge in [-0.15, -0.1) is 0 Å². The van der Waals surface area contributed by atoms with Crippen molar-refractivity contribution >= 4 is 5.78 Å². The third-order valence-electron chi connectivity index (χ3n) is 4.12. The maximum absolute atomic E-state index is 12.2. The van der Waals surface area contributed by atoms with Gasteiger partial charge in [-0.2, -0.15) is 0 Å². The molecule has 1 aromatic carbocycles. The molecule has 0 saturated carbocycles. The summed E-state index contributed by atoms with van der Waals surface area (Å²) in [4.78, 5) is 14.5. The van der Waals surface area contributed by atoms with E-state index in [1.807, 2.05) is 6.07 Å². The number of carbonyl (C=O) groups excluding carboxylic acids is 1. The Morgan fingerprint density at radius 2 is 2.06 bits per heavy atom. The molecule has 2 nitrogen and oxygen atoms in total. The van der Waals surface area contributed by atoms with Gasteiger partial charge in [-0.05, 0) is 25.8 Å². The van der Waals surface area contributed by atoms with Gasteiger partial charge in [0, 0.05) is 19.0 Å². The Hall–Kier alpha value is -1.15. The number of benzene rings is 1. The van der Waals surface area contributed by atoms with E-state index in [1.165, 1.54) is 5.56 Å². The molecule has 1 unspecified atom stereocenters. The molecule has 0 amide bonds. The average molecular weight is 245 g/mol. The Bertz CT molecular complexity index is 414. The highest BCUT2D eigenvalue weighted by atomic mass is 16.1. The number of hydrogen-bond acceptors (Lipinski definition) is 2. The molecule has 0 aliphatic carbocycles. The molecule has 0 radical (unpaired) electrons. The largest absolute Gasteiger partial charge is 0.298 e. The van der Waals surface area contributed by atoms with Crippen molar-refractivity contribution in [1.29, 1.82) is 0 Å². The van der Waals surface area contributed by atoms with Crippen LogP contribution in [-0.2, 0) is 4.79 Å². The molecule has 2 rings (SSSR count). The van der Waals surface area contributed by atoms with Crippen LogP contribution < -0.4 is 0 Å². The van der Waals surface area contributed by atoms with Crippen LogP contribution in [0, 0.1) is 0 Å². The van der Waals surface area contributed by atoms with Gasteiger partial charge >= 0.3 is 0 Å². The van der Waals surface area contributed by atoms with Crippen LogP contribution in [0.15, 0.2) is 30.3 Å². The van der Waals surface area contributed by atoms with Gasteiger partial charge in [0.1, 0.15) is 0 Å². The van der Waals surface area contributed by atoms with Crippen LogP contribution >= 0.6 is 0 Å². The van der Waals surface area contributed by atoms with Gasteiger partial charge in [-0.1, -0.05) is 43.7 Å². The summed E-state index contributed by atoms with van der Waals surface area (Å²) in [6.07, 6.45) is 2.84. The van der Waals surface area contributed by atoms with Crippen LogP contribution in [0.25, 0.3) is 0 Å². The second-order valence-corrected chi connectivity index (χ2v) is 5.52. The van der Waals surface area contributed by atoms with Gasteiger partial charge in [0.05, 0.1) is 5.54 Å². The van der Waals surface area contributed by atoms with Crippen molar-refractivity contribution in [2.24, 2.45) is 0 Å². The molecule has 0 bridgehead atoms. The smallest absolute Gasteiger partial charge is 0.154 e. The van der Waals surface area contributed by atoms with E-state index in [1.54, 1.807) is 0 Å². The lowest BCUT2D eigenvalue weighted by Gasteiger charge is -2.18. The Kier molecular flexibility index (Phi) is 3.86. The fraction of sp³-hybridized carbons (Fsp3) is 0.562. The van der Waals surface area contributed by atoms with Crippen molar-refractivity contribution in [2.75, 3.05) is 6.54 Å². The quantitative estimate of drug-likeness (QED) is 0.714. The van der Waals surface area contributed by atoms with Crippen molar-refractivity contribution in [2.45, 2.75) is 51.6 Å². The Morgan fingerprint density at radius 1 is 1.39 bits per heavy atom.